The van der Waals surface area contributed by atoms with Gasteiger partial charge in [-0.25, -0.2) is 4.39 Å². The van der Waals surface area contributed by atoms with Gasteiger partial charge in [0.25, 0.3) is 0 Å². The van der Waals surface area contributed by atoms with Crippen LogP contribution in [0.15, 0.2) is 41.6 Å². The van der Waals surface area contributed by atoms with Crippen LogP contribution in [0.25, 0.3) is 10.9 Å². The Hall–Kier alpha value is -3.44. The molecule has 1 atom stereocenters. The fourth-order valence-corrected chi connectivity index (χ4v) is 4.83. The second kappa shape index (κ2) is 9.59. The molecule has 1 fully saturated rings. The van der Waals surface area contributed by atoms with E-state index in [4.69, 9.17) is 4.74 Å². The number of pyridine rings is 2. The van der Waals surface area contributed by atoms with E-state index in [-0.39, 0.29) is 23.0 Å². The summed E-state index contributed by atoms with van der Waals surface area (Å²) in [5.74, 6) is 0.312. The Labute approximate surface area is 192 Å². The van der Waals surface area contributed by atoms with E-state index < -0.39 is 11.2 Å². The van der Waals surface area contributed by atoms with Gasteiger partial charge >= 0.3 is 0 Å². The van der Waals surface area contributed by atoms with E-state index in [0.717, 1.165) is 25.7 Å². The number of hydrogen-bond donors (Lipinski definition) is 2. The molecule has 0 bridgehead atoms. The summed E-state index contributed by atoms with van der Waals surface area (Å²) in [5, 5.41) is 12.9. The Balaban J connectivity index is 0.00000126. The van der Waals surface area contributed by atoms with Gasteiger partial charge in [-0.2, -0.15) is 5.26 Å². The van der Waals surface area contributed by atoms with Crippen molar-refractivity contribution in [2.75, 3.05) is 19.0 Å². The first-order chi connectivity index (χ1) is 16.1. The van der Waals surface area contributed by atoms with E-state index >= 15 is 4.39 Å². The number of nitrogens with one attached hydrogen (secondary N) is 1. The first kappa shape index (κ1) is 22.7. The fraction of sp³-hybridized carbons (Fsp3) is 0.400. The number of nitrogens with zero attached hydrogens (tertiary/aromatic N) is 3. The van der Waals surface area contributed by atoms with Crippen LogP contribution in [0.3, 0.4) is 0 Å². The number of ether oxygens (including phenoxy) is 1. The molecule has 5 rings (SSSR count). The molecule has 3 aromatic rings. The minimum atomic E-state index is -0.523. The summed E-state index contributed by atoms with van der Waals surface area (Å²) in [6, 6.07) is 7.31. The molecule has 1 unspecified atom stereocenters. The normalized spacial score (nSPS) is 21.4. The number of halogens is 1. The molecule has 172 valence electrons. The zero-order chi connectivity index (χ0) is 23.5. The Morgan fingerprint density at radius 1 is 1.30 bits per heavy atom. The minimum absolute atomic E-state index is 0.0148. The highest BCUT2D eigenvalue weighted by Crippen LogP contribution is 2.41. The molecule has 0 amide bonds. The van der Waals surface area contributed by atoms with Gasteiger partial charge < -0.3 is 20.4 Å². The van der Waals surface area contributed by atoms with Gasteiger partial charge in [-0.05, 0) is 63.3 Å². The largest absolute Gasteiger partial charge is 0.487 e. The van der Waals surface area contributed by atoms with Crippen molar-refractivity contribution in [1.29, 1.82) is 5.26 Å². The highest BCUT2D eigenvalue weighted by atomic mass is 19.1. The fourth-order valence-electron chi connectivity index (χ4n) is 4.83. The summed E-state index contributed by atoms with van der Waals surface area (Å²) in [6.45, 7) is 2.30. The summed E-state index contributed by atoms with van der Waals surface area (Å²) < 4.78 is 22.9. The van der Waals surface area contributed by atoms with E-state index in [9.17, 15) is 10.1 Å². The van der Waals surface area contributed by atoms with Crippen molar-refractivity contribution in [3.63, 3.8) is 0 Å². The van der Waals surface area contributed by atoms with Gasteiger partial charge in [0.15, 0.2) is 11.6 Å². The van der Waals surface area contributed by atoms with E-state index in [1.165, 1.54) is 18.7 Å². The monoisotopic (exact) mass is 449 g/mol. The molecule has 0 saturated heterocycles. The van der Waals surface area contributed by atoms with Crippen LogP contribution in [0.2, 0.25) is 0 Å². The lowest BCUT2D eigenvalue weighted by Gasteiger charge is -2.32. The van der Waals surface area contributed by atoms with E-state index in [2.05, 4.69) is 22.1 Å². The molecule has 8 heteroatoms. The third-order valence-corrected chi connectivity index (χ3v) is 6.52. The van der Waals surface area contributed by atoms with Crippen LogP contribution in [0.4, 0.5) is 10.1 Å². The van der Waals surface area contributed by atoms with Crippen molar-refractivity contribution >= 4 is 16.6 Å². The molecular weight excluding hydrogens is 421 g/mol. The lowest BCUT2D eigenvalue weighted by Crippen LogP contribution is -2.29. The summed E-state index contributed by atoms with van der Waals surface area (Å²) in [5.41, 5.74) is 6.16. The van der Waals surface area contributed by atoms with Crippen LogP contribution in [0.5, 0.6) is 5.75 Å². The summed E-state index contributed by atoms with van der Waals surface area (Å²) in [7, 11) is 1.50. The van der Waals surface area contributed by atoms with Gasteiger partial charge in [0.05, 0.1) is 16.9 Å². The lowest BCUT2D eigenvalue weighted by atomic mass is 9.82. The average Bonchev–Trinajstić information content (AvgIpc) is 2.86. The lowest BCUT2D eigenvalue weighted by molar-refractivity contribution is 0.247. The first-order valence-electron chi connectivity index (χ1n) is 11.2. The van der Waals surface area contributed by atoms with Crippen molar-refractivity contribution in [3.8, 4) is 11.8 Å². The predicted molar refractivity (Wildman–Crippen MR) is 126 cm³/mol. The molecule has 33 heavy (non-hydrogen) atoms. The molecule has 2 aromatic heterocycles. The van der Waals surface area contributed by atoms with Gasteiger partial charge in [-0.1, -0.05) is 6.07 Å². The molecule has 0 spiro atoms. The zero-order valence-corrected chi connectivity index (χ0v) is 18.8. The molecule has 1 aromatic carbocycles. The maximum Gasteiger partial charge on any atom is 0.207 e. The summed E-state index contributed by atoms with van der Waals surface area (Å²) in [6.07, 6.45) is 9.09. The van der Waals surface area contributed by atoms with Gasteiger partial charge in [0.1, 0.15) is 23.9 Å². The van der Waals surface area contributed by atoms with Crippen LogP contribution in [-0.2, 0) is 0 Å². The van der Waals surface area contributed by atoms with Crippen LogP contribution in [0, 0.1) is 17.1 Å². The van der Waals surface area contributed by atoms with Crippen molar-refractivity contribution in [1.82, 2.24) is 9.55 Å². The summed E-state index contributed by atoms with van der Waals surface area (Å²) in [4.78, 5) is 16.9. The maximum atomic E-state index is 15.2. The highest BCUT2D eigenvalue weighted by Gasteiger charge is 2.29. The van der Waals surface area contributed by atoms with Crippen molar-refractivity contribution in [2.24, 2.45) is 5.73 Å². The van der Waals surface area contributed by atoms with Crippen LogP contribution < -0.4 is 21.2 Å². The van der Waals surface area contributed by atoms with E-state index in [0.29, 0.717) is 29.5 Å². The van der Waals surface area contributed by atoms with Crippen molar-refractivity contribution in [2.45, 2.75) is 50.6 Å². The SMILES string of the molecule is CC1COc2c(NC3CCC(c4cccnc4)CC3)c(F)cc3c(=O)c(C#N)cn1c23.CN. The molecule has 1 saturated carbocycles. The predicted octanol–water partition coefficient (Wildman–Crippen LogP) is 4.07. The Morgan fingerprint density at radius 3 is 2.73 bits per heavy atom. The molecule has 2 aliphatic rings. The number of aromatic nitrogens is 2. The number of hydrogen-bond acceptors (Lipinski definition) is 6. The Bertz CT molecular complexity index is 1240. The van der Waals surface area contributed by atoms with E-state index in [1.54, 1.807) is 12.4 Å². The molecule has 3 heterocycles. The van der Waals surface area contributed by atoms with Crippen molar-refractivity contribution in [3.05, 3.63) is 64.0 Å². The second-order valence-corrected chi connectivity index (χ2v) is 8.49. The summed E-state index contributed by atoms with van der Waals surface area (Å²) >= 11 is 0. The number of nitriles is 1. The molecule has 7 nitrogen and oxygen atoms in total. The van der Waals surface area contributed by atoms with Crippen LogP contribution in [-0.4, -0.2) is 29.2 Å². The first-order valence-corrected chi connectivity index (χ1v) is 11.2. The smallest absolute Gasteiger partial charge is 0.207 e. The quantitative estimate of drug-likeness (QED) is 0.624. The molecule has 3 N–H and O–H groups in total. The van der Waals surface area contributed by atoms with Gasteiger partial charge in [-0.15, -0.1) is 0 Å². The number of benzene rings is 1. The standard InChI is InChI=1S/C24H23FN4O2.CH5N/c1-14-13-31-24-21(20(25)9-19-22(24)29(14)12-17(10-26)23(19)30)28-18-6-4-15(5-7-18)16-3-2-8-27-11-16;1-2/h2-3,8-9,11-12,14-15,18,28H,4-7,13H2,1H3;2H2,1H3. The number of nitrogens with two attached hydrogens (primary N) is 1. The van der Waals surface area contributed by atoms with Gasteiger partial charge in [0.2, 0.25) is 5.43 Å². The Kier molecular flexibility index (Phi) is 6.61. The number of rotatable bonds is 3. The molecule has 0 radical (unpaired) electrons. The second-order valence-electron chi connectivity index (χ2n) is 8.49. The Morgan fingerprint density at radius 2 is 2.06 bits per heavy atom. The zero-order valence-electron chi connectivity index (χ0n) is 18.8. The molecule has 1 aliphatic heterocycles. The van der Waals surface area contributed by atoms with Crippen LogP contribution in [0.1, 0.15) is 55.7 Å². The minimum Gasteiger partial charge on any atom is -0.487 e. The van der Waals surface area contributed by atoms with Gasteiger partial charge in [0, 0.05) is 24.6 Å². The third kappa shape index (κ3) is 4.16. The number of anilines is 1. The van der Waals surface area contributed by atoms with Crippen molar-refractivity contribution < 1.29 is 9.13 Å². The molecular formula is C25H28FN5O2. The average molecular weight is 450 g/mol. The third-order valence-electron chi connectivity index (χ3n) is 6.52. The van der Waals surface area contributed by atoms with Crippen LogP contribution >= 0.6 is 0 Å². The topological polar surface area (TPSA) is 106 Å². The molecule has 1 aliphatic carbocycles. The maximum absolute atomic E-state index is 15.2. The highest BCUT2D eigenvalue weighted by molar-refractivity contribution is 5.92. The van der Waals surface area contributed by atoms with Gasteiger partial charge in [-0.3, -0.25) is 9.78 Å². The van der Waals surface area contributed by atoms with E-state index in [1.807, 2.05) is 29.8 Å².